The Morgan fingerprint density at radius 2 is 1.10 bits per heavy atom. The van der Waals surface area contributed by atoms with Crippen molar-refractivity contribution in [3.05, 3.63) is 55.0 Å². The molecule has 0 unspecified atom stereocenters. The van der Waals surface area contributed by atoms with Gasteiger partial charge >= 0.3 is 11.9 Å². The minimum atomic E-state index is -0.778. The highest BCUT2D eigenvalue weighted by Crippen LogP contribution is 2.53. The van der Waals surface area contributed by atoms with Crippen LogP contribution in [0, 0.1) is 0 Å². The van der Waals surface area contributed by atoms with Crippen molar-refractivity contribution in [2.75, 3.05) is 0 Å². The molecule has 6 nitrogen and oxygen atoms in total. The van der Waals surface area contributed by atoms with Crippen molar-refractivity contribution in [2.45, 2.75) is 52.7 Å². The lowest BCUT2D eigenvalue weighted by atomic mass is 10.1. The normalized spacial score (nSPS) is 16.9. The molecule has 1 aliphatic carbocycles. The van der Waals surface area contributed by atoms with Crippen molar-refractivity contribution in [1.29, 1.82) is 0 Å². The lowest BCUT2D eigenvalue weighted by Crippen LogP contribution is -2.27. The number of allylic oxidation sites excluding steroid dienone is 1. The van der Waals surface area contributed by atoms with Crippen LogP contribution in [0.4, 0.5) is 0 Å². The SMILES string of the molecule is CC(C)(C)OC(=O)C1=C(C(=O)OC(C)(C)C)SC(=C2C(=O)c3ccccc3C2=O)S1. The first kappa shape index (κ1) is 22.4. The Morgan fingerprint density at radius 1 is 0.733 bits per heavy atom. The van der Waals surface area contributed by atoms with E-state index in [4.69, 9.17) is 9.47 Å². The molecular formula is C22H22O6S2. The monoisotopic (exact) mass is 446 g/mol. The second-order valence-electron chi connectivity index (χ2n) is 8.73. The van der Waals surface area contributed by atoms with Crippen LogP contribution in [-0.4, -0.2) is 34.7 Å². The molecular weight excluding hydrogens is 424 g/mol. The average molecular weight is 447 g/mol. The summed E-state index contributed by atoms with van der Waals surface area (Å²) in [7, 11) is 0. The third-order valence-electron chi connectivity index (χ3n) is 3.84. The van der Waals surface area contributed by atoms with E-state index >= 15 is 0 Å². The van der Waals surface area contributed by atoms with E-state index in [0.29, 0.717) is 11.1 Å². The first-order chi connectivity index (χ1) is 13.8. The van der Waals surface area contributed by atoms with Gasteiger partial charge < -0.3 is 9.47 Å². The maximum atomic E-state index is 12.8. The number of carbonyl (C=O) groups excluding carboxylic acids is 4. The van der Waals surface area contributed by atoms with Crippen LogP contribution in [0.2, 0.25) is 0 Å². The molecule has 0 atom stereocenters. The molecule has 8 heteroatoms. The van der Waals surface area contributed by atoms with Gasteiger partial charge in [-0.05, 0) is 41.5 Å². The Labute approximate surface area is 183 Å². The molecule has 2 aliphatic rings. The summed E-state index contributed by atoms with van der Waals surface area (Å²) in [5.74, 6) is -2.24. The number of thioether (sulfide) groups is 2. The molecule has 0 spiro atoms. The fraction of sp³-hybridized carbons (Fsp3) is 0.364. The molecule has 0 aromatic heterocycles. The van der Waals surface area contributed by atoms with Gasteiger partial charge in [-0.25, -0.2) is 9.59 Å². The lowest BCUT2D eigenvalue weighted by molar-refractivity contribution is -0.152. The Bertz CT molecular complexity index is 955. The van der Waals surface area contributed by atoms with E-state index in [1.54, 1.807) is 65.8 Å². The van der Waals surface area contributed by atoms with Crippen molar-refractivity contribution in [3.8, 4) is 0 Å². The van der Waals surface area contributed by atoms with Gasteiger partial charge in [0, 0.05) is 11.1 Å². The number of ether oxygens (including phenoxy) is 2. The second-order valence-corrected chi connectivity index (χ2v) is 11.0. The fourth-order valence-corrected chi connectivity index (χ4v) is 5.22. The summed E-state index contributed by atoms with van der Waals surface area (Å²) in [6.45, 7) is 10.3. The number of fused-ring (bicyclic) bond motifs is 1. The number of rotatable bonds is 2. The van der Waals surface area contributed by atoms with E-state index in [0.717, 1.165) is 23.5 Å². The molecule has 1 heterocycles. The van der Waals surface area contributed by atoms with Gasteiger partial charge in [-0.15, -0.1) is 0 Å². The maximum Gasteiger partial charge on any atom is 0.346 e. The highest BCUT2D eigenvalue weighted by molar-refractivity contribution is 8.29. The first-order valence-electron chi connectivity index (χ1n) is 9.28. The zero-order valence-corrected chi connectivity index (χ0v) is 19.2. The minimum absolute atomic E-state index is 0.0169. The number of Topliss-reactive ketones (excluding diaryl/α,β-unsaturated/α-hetero) is 2. The molecule has 0 saturated heterocycles. The molecule has 0 N–H and O–H groups in total. The quantitative estimate of drug-likeness (QED) is 0.369. The molecule has 0 fully saturated rings. The summed E-state index contributed by atoms with van der Waals surface area (Å²) in [6.07, 6.45) is 0. The first-order valence-corrected chi connectivity index (χ1v) is 10.9. The van der Waals surface area contributed by atoms with Gasteiger partial charge in [-0.3, -0.25) is 9.59 Å². The van der Waals surface area contributed by atoms with Crippen molar-refractivity contribution < 1.29 is 28.7 Å². The number of hydrogen-bond acceptors (Lipinski definition) is 8. The largest absolute Gasteiger partial charge is 0.456 e. The van der Waals surface area contributed by atoms with E-state index in [-0.39, 0.29) is 19.6 Å². The predicted molar refractivity (Wildman–Crippen MR) is 116 cm³/mol. The van der Waals surface area contributed by atoms with Crippen LogP contribution in [0.5, 0.6) is 0 Å². The molecule has 0 amide bonds. The topological polar surface area (TPSA) is 86.7 Å². The van der Waals surface area contributed by atoms with E-state index in [1.807, 2.05) is 0 Å². The van der Waals surface area contributed by atoms with Crippen LogP contribution in [0.15, 0.2) is 43.9 Å². The summed E-state index contributed by atoms with van der Waals surface area (Å²) >= 11 is 1.80. The third-order valence-corrected chi connectivity index (χ3v) is 6.40. The van der Waals surface area contributed by atoms with Gasteiger partial charge in [-0.2, -0.15) is 0 Å². The van der Waals surface area contributed by atoms with E-state index in [1.165, 1.54) is 0 Å². The number of benzene rings is 1. The maximum absolute atomic E-state index is 12.8. The Balaban J connectivity index is 2.02. The molecule has 1 aromatic rings. The van der Waals surface area contributed by atoms with Crippen LogP contribution < -0.4 is 0 Å². The van der Waals surface area contributed by atoms with Crippen LogP contribution >= 0.6 is 23.5 Å². The Hall–Kier alpha value is -2.32. The van der Waals surface area contributed by atoms with Crippen molar-refractivity contribution in [2.24, 2.45) is 0 Å². The molecule has 1 aromatic carbocycles. The average Bonchev–Trinajstić information content (AvgIpc) is 3.13. The van der Waals surface area contributed by atoms with Gasteiger partial charge in [0.15, 0.2) is 11.6 Å². The molecule has 30 heavy (non-hydrogen) atoms. The standard InChI is InChI=1S/C22H22O6S2/c1-21(2,3)27-18(25)16-17(19(26)28-22(4,5)6)30-20(29-16)13-14(23)11-9-7-8-10-12(11)15(13)24/h7-10H,1-6H3. The molecule has 158 valence electrons. The van der Waals surface area contributed by atoms with E-state index in [9.17, 15) is 19.2 Å². The zero-order valence-electron chi connectivity index (χ0n) is 17.6. The second kappa shape index (κ2) is 7.74. The number of carbonyl (C=O) groups is 4. The fourth-order valence-electron chi connectivity index (χ4n) is 2.76. The van der Waals surface area contributed by atoms with Crippen LogP contribution in [-0.2, 0) is 19.1 Å². The van der Waals surface area contributed by atoms with E-state index < -0.39 is 34.7 Å². The number of hydrogen-bond donors (Lipinski definition) is 0. The van der Waals surface area contributed by atoms with Crippen LogP contribution in [0.25, 0.3) is 0 Å². The molecule has 3 rings (SSSR count). The van der Waals surface area contributed by atoms with Gasteiger partial charge in [0.2, 0.25) is 0 Å². The smallest absolute Gasteiger partial charge is 0.346 e. The molecule has 0 bridgehead atoms. The summed E-state index contributed by atoms with van der Waals surface area (Å²) in [5.41, 5.74) is -0.962. The van der Waals surface area contributed by atoms with Gasteiger partial charge in [-0.1, -0.05) is 47.8 Å². The highest BCUT2D eigenvalue weighted by atomic mass is 32.2. The highest BCUT2D eigenvalue weighted by Gasteiger charge is 2.42. The minimum Gasteiger partial charge on any atom is -0.456 e. The lowest BCUT2D eigenvalue weighted by Gasteiger charge is -2.21. The Morgan fingerprint density at radius 3 is 1.43 bits per heavy atom. The zero-order chi connectivity index (χ0) is 22.4. The van der Waals surface area contributed by atoms with Crippen LogP contribution in [0.1, 0.15) is 62.3 Å². The van der Waals surface area contributed by atoms with Crippen molar-refractivity contribution in [1.82, 2.24) is 0 Å². The summed E-state index contributed by atoms with van der Waals surface area (Å²) in [5, 5.41) is 0. The summed E-state index contributed by atoms with van der Waals surface area (Å²) in [4.78, 5) is 51.3. The Kier molecular flexibility index (Phi) is 5.77. The van der Waals surface area contributed by atoms with Crippen LogP contribution in [0.3, 0.4) is 0 Å². The van der Waals surface area contributed by atoms with Gasteiger partial charge in [0.05, 0.1) is 9.81 Å². The third kappa shape index (κ3) is 4.54. The molecule has 1 aliphatic heterocycles. The van der Waals surface area contributed by atoms with Crippen molar-refractivity contribution >= 4 is 47.0 Å². The van der Waals surface area contributed by atoms with Gasteiger partial charge in [0.1, 0.15) is 21.0 Å². The number of esters is 2. The summed E-state index contributed by atoms with van der Waals surface area (Å²) in [6, 6.07) is 6.54. The number of ketones is 2. The van der Waals surface area contributed by atoms with Crippen molar-refractivity contribution in [3.63, 3.8) is 0 Å². The van der Waals surface area contributed by atoms with Gasteiger partial charge in [0.25, 0.3) is 0 Å². The molecule has 0 saturated carbocycles. The summed E-state index contributed by atoms with van der Waals surface area (Å²) < 4.78 is 11.1. The predicted octanol–water partition coefficient (Wildman–Crippen LogP) is 4.65. The van der Waals surface area contributed by atoms with E-state index in [2.05, 4.69) is 0 Å². The molecule has 0 radical (unpaired) electrons.